The molecule has 6 nitrogen and oxygen atoms in total. The van der Waals surface area contributed by atoms with Gasteiger partial charge in [-0.2, -0.15) is 0 Å². The van der Waals surface area contributed by atoms with Gasteiger partial charge in [0.15, 0.2) is 0 Å². The predicted octanol–water partition coefficient (Wildman–Crippen LogP) is 2.29. The normalized spacial score (nSPS) is 23.9. The molecule has 3 heterocycles. The Morgan fingerprint density at radius 3 is 2.88 bits per heavy atom. The van der Waals surface area contributed by atoms with Crippen molar-refractivity contribution in [2.75, 3.05) is 38.7 Å². The number of likely N-dealkylation sites (tertiary alicyclic amines) is 1. The Labute approximate surface area is 155 Å². The van der Waals surface area contributed by atoms with E-state index in [0.29, 0.717) is 18.9 Å². The van der Waals surface area contributed by atoms with Gasteiger partial charge in [-0.3, -0.25) is 4.79 Å². The zero-order chi connectivity index (χ0) is 18.1. The highest BCUT2D eigenvalue weighted by molar-refractivity contribution is 5.76. The van der Waals surface area contributed by atoms with Crippen LogP contribution in [0.5, 0.6) is 0 Å². The second kappa shape index (κ2) is 6.99. The SMILES string of the molecule is CN(C)c1ncc2c(n1)C1(CCN(C(=O)CC3C=CCC3)CC1)OCC2. The molecule has 4 rings (SSSR count). The van der Waals surface area contributed by atoms with E-state index in [-0.39, 0.29) is 11.5 Å². The number of fused-ring (bicyclic) bond motifs is 2. The van der Waals surface area contributed by atoms with Gasteiger partial charge >= 0.3 is 0 Å². The molecule has 1 saturated heterocycles. The van der Waals surface area contributed by atoms with Crippen LogP contribution in [0.3, 0.4) is 0 Å². The Bertz CT molecular complexity index is 708. The first-order valence-electron chi connectivity index (χ1n) is 9.69. The number of hydrogen-bond donors (Lipinski definition) is 0. The average Bonchev–Trinajstić information content (AvgIpc) is 3.15. The van der Waals surface area contributed by atoms with Crippen LogP contribution in [0, 0.1) is 5.92 Å². The number of hydrogen-bond acceptors (Lipinski definition) is 5. The smallest absolute Gasteiger partial charge is 0.225 e. The summed E-state index contributed by atoms with van der Waals surface area (Å²) in [6.07, 6.45) is 11.7. The second-order valence-corrected chi connectivity index (χ2v) is 7.88. The summed E-state index contributed by atoms with van der Waals surface area (Å²) in [5.74, 6) is 1.43. The molecule has 3 aliphatic rings. The summed E-state index contributed by atoms with van der Waals surface area (Å²) in [7, 11) is 3.91. The molecule has 0 saturated carbocycles. The number of aromatic nitrogens is 2. The molecule has 1 aliphatic carbocycles. The van der Waals surface area contributed by atoms with E-state index in [4.69, 9.17) is 9.72 Å². The molecule has 1 atom stereocenters. The van der Waals surface area contributed by atoms with Crippen molar-refractivity contribution in [2.45, 2.75) is 44.1 Å². The maximum Gasteiger partial charge on any atom is 0.225 e. The van der Waals surface area contributed by atoms with Gasteiger partial charge in [0.1, 0.15) is 5.60 Å². The first kappa shape index (κ1) is 17.5. The molecule has 0 bridgehead atoms. The molecule has 2 aliphatic heterocycles. The van der Waals surface area contributed by atoms with Gasteiger partial charge in [-0.25, -0.2) is 9.97 Å². The number of piperidine rings is 1. The van der Waals surface area contributed by atoms with Crippen LogP contribution in [-0.2, 0) is 21.6 Å². The van der Waals surface area contributed by atoms with Crippen molar-refractivity contribution >= 4 is 11.9 Å². The lowest BCUT2D eigenvalue weighted by atomic mass is 9.83. The summed E-state index contributed by atoms with van der Waals surface area (Å²) in [4.78, 5) is 25.9. The highest BCUT2D eigenvalue weighted by atomic mass is 16.5. The molecule has 0 aromatic carbocycles. The lowest BCUT2D eigenvalue weighted by Gasteiger charge is -2.44. The van der Waals surface area contributed by atoms with Gasteiger partial charge in [-0.1, -0.05) is 12.2 Å². The van der Waals surface area contributed by atoms with Crippen LogP contribution in [0.25, 0.3) is 0 Å². The Kier molecular flexibility index (Phi) is 4.69. The highest BCUT2D eigenvalue weighted by Crippen LogP contribution is 2.41. The van der Waals surface area contributed by atoms with Gasteiger partial charge in [0.2, 0.25) is 11.9 Å². The summed E-state index contributed by atoms with van der Waals surface area (Å²) in [5.41, 5.74) is 1.87. The van der Waals surface area contributed by atoms with E-state index in [2.05, 4.69) is 17.1 Å². The van der Waals surface area contributed by atoms with Crippen molar-refractivity contribution in [2.24, 2.45) is 5.92 Å². The van der Waals surface area contributed by atoms with Crippen molar-refractivity contribution in [3.8, 4) is 0 Å². The van der Waals surface area contributed by atoms with Gasteiger partial charge in [0, 0.05) is 39.8 Å². The molecule has 1 amide bonds. The Hall–Kier alpha value is -1.95. The third-order valence-electron chi connectivity index (χ3n) is 5.91. The fourth-order valence-electron chi connectivity index (χ4n) is 4.33. The summed E-state index contributed by atoms with van der Waals surface area (Å²) < 4.78 is 6.27. The molecule has 1 fully saturated rings. The van der Waals surface area contributed by atoms with Crippen molar-refractivity contribution in [1.29, 1.82) is 0 Å². The van der Waals surface area contributed by atoms with Gasteiger partial charge < -0.3 is 14.5 Å². The zero-order valence-electron chi connectivity index (χ0n) is 15.8. The summed E-state index contributed by atoms with van der Waals surface area (Å²) in [6.45, 7) is 2.20. The van der Waals surface area contributed by atoms with Crippen LogP contribution < -0.4 is 4.90 Å². The zero-order valence-corrected chi connectivity index (χ0v) is 15.8. The van der Waals surface area contributed by atoms with Crippen molar-refractivity contribution in [3.63, 3.8) is 0 Å². The lowest BCUT2D eigenvalue weighted by Crippen LogP contribution is -2.49. The minimum Gasteiger partial charge on any atom is -0.368 e. The molecule has 0 radical (unpaired) electrons. The summed E-state index contributed by atoms with van der Waals surface area (Å²) >= 11 is 0. The Morgan fingerprint density at radius 1 is 1.38 bits per heavy atom. The molecule has 26 heavy (non-hydrogen) atoms. The third kappa shape index (κ3) is 3.22. The van der Waals surface area contributed by atoms with Gasteiger partial charge in [-0.05, 0) is 43.6 Å². The fourth-order valence-corrected chi connectivity index (χ4v) is 4.33. The van der Waals surface area contributed by atoms with E-state index < -0.39 is 0 Å². The highest BCUT2D eigenvalue weighted by Gasteiger charge is 2.43. The standard InChI is InChI=1S/C20H28N4O2/c1-23(2)19-21-14-16-7-12-26-20(18(16)22-19)8-10-24(11-9-20)17(25)13-15-5-3-4-6-15/h3,5,14-15H,4,6-13H2,1-2H3. The largest absolute Gasteiger partial charge is 0.368 e. The number of ether oxygens (including phenoxy) is 1. The molecule has 6 heteroatoms. The first-order valence-corrected chi connectivity index (χ1v) is 9.69. The Morgan fingerprint density at radius 2 is 2.19 bits per heavy atom. The van der Waals surface area contributed by atoms with Gasteiger partial charge in [0.05, 0.1) is 12.3 Å². The quantitative estimate of drug-likeness (QED) is 0.778. The lowest BCUT2D eigenvalue weighted by molar-refractivity contribution is -0.141. The van der Waals surface area contributed by atoms with Gasteiger partial charge in [-0.15, -0.1) is 0 Å². The number of rotatable bonds is 3. The molecule has 1 unspecified atom stereocenters. The molecule has 140 valence electrons. The van der Waals surface area contributed by atoms with Crippen LogP contribution in [0.1, 0.15) is 43.4 Å². The molecule has 1 aromatic heterocycles. The third-order valence-corrected chi connectivity index (χ3v) is 5.91. The molecular formula is C20H28N4O2. The topological polar surface area (TPSA) is 58.6 Å². The van der Waals surface area contributed by atoms with E-state index in [1.54, 1.807) is 0 Å². The first-order chi connectivity index (χ1) is 12.6. The van der Waals surface area contributed by atoms with Crippen molar-refractivity contribution in [1.82, 2.24) is 14.9 Å². The maximum atomic E-state index is 12.6. The second-order valence-electron chi connectivity index (χ2n) is 7.88. The Balaban J connectivity index is 1.48. The number of amides is 1. The maximum absolute atomic E-state index is 12.6. The minimum atomic E-state index is -0.356. The van der Waals surface area contributed by atoms with Crippen LogP contribution in [0.4, 0.5) is 5.95 Å². The number of carbonyl (C=O) groups excluding carboxylic acids is 1. The van der Waals surface area contributed by atoms with Crippen molar-refractivity contribution in [3.05, 3.63) is 29.6 Å². The van der Waals surface area contributed by atoms with Gasteiger partial charge in [0.25, 0.3) is 0 Å². The number of carbonyl (C=O) groups is 1. The number of nitrogens with zero attached hydrogens (tertiary/aromatic N) is 4. The van der Waals surface area contributed by atoms with E-state index in [1.807, 2.05) is 30.1 Å². The summed E-state index contributed by atoms with van der Waals surface area (Å²) in [5, 5.41) is 0. The monoisotopic (exact) mass is 356 g/mol. The average molecular weight is 356 g/mol. The predicted molar refractivity (Wildman–Crippen MR) is 100.0 cm³/mol. The minimum absolute atomic E-state index is 0.282. The molecule has 1 aromatic rings. The van der Waals surface area contributed by atoms with Crippen LogP contribution in [-0.4, -0.2) is 54.6 Å². The molecule has 0 N–H and O–H groups in total. The fraction of sp³-hybridized carbons (Fsp3) is 0.650. The van der Waals surface area contributed by atoms with E-state index in [0.717, 1.165) is 56.8 Å². The van der Waals surface area contributed by atoms with Crippen molar-refractivity contribution < 1.29 is 9.53 Å². The molecule has 1 spiro atoms. The van der Waals surface area contributed by atoms with Crippen LogP contribution >= 0.6 is 0 Å². The van der Waals surface area contributed by atoms with E-state index in [1.165, 1.54) is 5.56 Å². The molecular weight excluding hydrogens is 328 g/mol. The van der Waals surface area contributed by atoms with E-state index >= 15 is 0 Å². The van der Waals surface area contributed by atoms with Crippen LogP contribution in [0.15, 0.2) is 18.3 Å². The number of allylic oxidation sites excluding steroid dienone is 2. The number of anilines is 1. The van der Waals surface area contributed by atoms with E-state index in [9.17, 15) is 4.79 Å². The van der Waals surface area contributed by atoms with Crippen LogP contribution in [0.2, 0.25) is 0 Å². The summed E-state index contributed by atoms with van der Waals surface area (Å²) in [6, 6.07) is 0.